The molecule has 3 heterocycles. The molecule has 0 bridgehead atoms. The molecule has 0 fully saturated rings. The number of phenolic OH excluding ortho intramolecular Hbond substituents is 1. The van der Waals surface area contributed by atoms with E-state index < -0.39 is 5.91 Å². The Hall–Kier alpha value is -3.84. The number of aliphatic imine (C=N–C) groups is 1. The highest BCUT2D eigenvalue weighted by Crippen LogP contribution is 2.42. The number of rotatable bonds is 3. The number of methoxy groups -OCH3 is 1. The number of carbonyl (C=O) groups is 1. The maximum atomic E-state index is 12.2. The zero-order chi connectivity index (χ0) is 21.0. The number of nitrogens with zero attached hydrogens (tertiary/aromatic N) is 3. The van der Waals surface area contributed by atoms with Crippen LogP contribution < -0.4 is 10.5 Å². The van der Waals surface area contributed by atoms with E-state index in [2.05, 4.69) is 5.10 Å². The number of fused-ring (bicyclic) bond motifs is 2. The van der Waals surface area contributed by atoms with Gasteiger partial charge in [-0.3, -0.25) is 4.79 Å². The first-order valence-electron chi connectivity index (χ1n) is 9.05. The second-order valence-corrected chi connectivity index (χ2v) is 7.18. The van der Waals surface area contributed by atoms with E-state index in [9.17, 15) is 9.90 Å². The monoisotopic (exact) mass is 418 g/mol. The summed E-state index contributed by atoms with van der Waals surface area (Å²) in [5, 5.41) is 14.8. The smallest absolute Gasteiger partial charge is 0.251 e. The molecule has 7 nitrogen and oxygen atoms in total. The number of aromatic hydroxyl groups is 1. The molecule has 1 aliphatic rings. The summed E-state index contributed by atoms with van der Waals surface area (Å²) in [5.41, 5.74) is 10.4. The van der Waals surface area contributed by atoms with Crippen LogP contribution >= 0.6 is 11.6 Å². The lowest BCUT2D eigenvalue weighted by molar-refractivity contribution is 0.100. The van der Waals surface area contributed by atoms with Crippen LogP contribution in [-0.4, -0.2) is 33.4 Å². The van der Waals surface area contributed by atoms with Gasteiger partial charge in [0.25, 0.3) is 5.91 Å². The minimum absolute atomic E-state index is 0.120. The van der Waals surface area contributed by atoms with E-state index in [1.807, 2.05) is 30.3 Å². The number of primary amides is 1. The minimum atomic E-state index is -0.581. The summed E-state index contributed by atoms with van der Waals surface area (Å²) in [5.74, 6) is -0.264. The molecule has 0 saturated carbocycles. The molecule has 148 valence electrons. The van der Waals surface area contributed by atoms with Crippen LogP contribution in [0, 0.1) is 0 Å². The van der Waals surface area contributed by atoms with Crippen molar-refractivity contribution in [1.82, 2.24) is 9.61 Å². The summed E-state index contributed by atoms with van der Waals surface area (Å²) in [6, 6.07) is 12.4. The van der Waals surface area contributed by atoms with Crippen LogP contribution in [0.5, 0.6) is 11.5 Å². The van der Waals surface area contributed by atoms with Crippen molar-refractivity contribution in [3.05, 3.63) is 76.6 Å². The number of benzene rings is 2. The van der Waals surface area contributed by atoms with E-state index in [-0.39, 0.29) is 10.8 Å². The second kappa shape index (κ2) is 6.60. The molecule has 8 heteroatoms. The molecule has 1 aliphatic heterocycles. The van der Waals surface area contributed by atoms with Gasteiger partial charge in [0.1, 0.15) is 11.5 Å². The van der Waals surface area contributed by atoms with E-state index in [1.165, 1.54) is 19.4 Å². The third-order valence-electron chi connectivity index (χ3n) is 5.13. The Balaban J connectivity index is 1.95. The van der Waals surface area contributed by atoms with Crippen molar-refractivity contribution in [3.8, 4) is 22.6 Å². The molecular weight excluding hydrogens is 404 g/mol. The SMILES string of the molecule is COc1cc(O)c(Cl)c(C2=Nc3ccccc3-c3c(C(N)=O)cnn4ccc2c34)c1. The van der Waals surface area contributed by atoms with Crippen LogP contribution in [0.3, 0.4) is 0 Å². The molecule has 0 spiro atoms. The molecule has 2 aromatic carbocycles. The number of aromatic nitrogens is 2. The number of para-hydroxylation sites is 1. The average molecular weight is 419 g/mol. The number of halogens is 1. The number of carbonyl (C=O) groups excluding carboxylic acids is 1. The topological polar surface area (TPSA) is 102 Å². The van der Waals surface area contributed by atoms with Crippen LogP contribution in [0.4, 0.5) is 5.69 Å². The molecule has 1 amide bonds. The quantitative estimate of drug-likeness (QED) is 0.463. The lowest BCUT2D eigenvalue weighted by Gasteiger charge is -2.11. The van der Waals surface area contributed by atoms with E-state index in [0.717, 1.165) is 5.56 Å². The van der Waals surface area contributed by atoms with Crippen molar-refractivity contribution in [2.75, 3.05) is 7.11 Å². The third-order valence-corrected chi connectivity index (χ3v) is 5.53. The zero-order valence-corrected chi connectivity index (χ0v) is 16.5. The molecule has 0 aliphatic carbocycles. The Kier molecular flexibility index (Phi) is 4.01. The van der Waals surface area contributed by atoms with Gasteiger partial charge < -0.3 is 15.6 Å². The van der Waals surface area contributed by atoms with Gasteiger partial charge in [-0.15, -0.1) is 0 Å². The first-order valence-corrected chi connectivity index (χ1v) is 9.43. The van der Waals surface area contributed by atoms with Crippen molar-refractivity contribution in [2.24, 2.45) is 10.7 Å². The van der Waals surface area contributed by atoms with Gasteiger partial charge in [0.05, 0.1) is 40.8 Å². The summed E-state index contributed by atoms with van der Waals surface area (Å²) < 4.78 is 6.97. The maximum Gasteiger partial charge on any atom is 0.251 e. The summed E-state index contributed by atoms with van der Waals surface area (Å²) in [7, 11) is 1.51. The van der Waals surface area contributed by atoms with Crippen LogP contribution in [0.25, 0.3) is 16.6 Å². The van der Waals surface area contributed by atoms with Crippen LogP contribution in [0.15, 0.2) is 59.9 Å². The van der Waals surface area contributed by atoms with Gasteiger partial charge in [0, 0.05) is 34.5 Å². The number of phenols is 1. The largest absolute Gasteiger partial charge is 0.506 e. The Labute approximate surface area is 176 Å². The Morgan fingerprint density at radius 2 is 1.97 bits per heavy atom. The average Bonchev–Trinajstić information content (AvgIpc) is 3.11. The van der Waals surface area contributed by atoms with Crippen LogP contribution in [0.1, 0.15) is 21.5 Å². The maximum absolute atomic E-state index is 12.2. The molecule has 0 atom stereocenters. The van der Waals surface area contributed by atoms with Crippen molar-refractivity contribution >= 4 is 34.4 Å². The number of nitrogens with two attached hydrogens (primary N) is 1. The Morgan fingerprint density at radius 3 is 2.73 bits per heavy atom. The van der Waals surface area contributed by atoms with E-state index in [0.29, 0.717) is 44.9 Å². The zero-order valence-electron chi connectivity index (χ0n) is 15.8. The van der Waals surface area contributed by atoms with Gasteiger partial charge in [-0.25, -0.2) is 9.51 Å². The number of ether oxygens (including phenoxy) is 1. The third kappa shape index (κ3) is 2.56. The lowest BCUT2D eigenvalue weighted by Crippen LogP contribution is -2.14. The van der Waals surface area contributed by atoms with Gasteiger partial charge in [-0.1, -0.05) is 29.8 Å². The number of hydrogen-bond donors (Lipinski definition) is 2. The Morgan fingerprint density at radius 1 is 1.17 bits per heavy atom. The molecule has 30 heavy (non-hydrogen) atoms. The highest BCUT2D eigenvalue weighted by molar-refractivity contribution is 6.38. The molecule has 0 radical (unpaired) electrons. The van der Waals surface area contributed by atoms with E-state index in [4.69, 9.17) is 27.1 Å². The van der Waals surface area contributed by atoms with E-state index >= 15 is 0 Å². The van der Waals surface area contributed by atoms with Crippen molar-refractivity contribution in [2.45, 2.75) is 0 Å². The summed E-state index contributed by atoms with van der Waals surface area (Å²) in [4.78, 5) is 17.1. The predicted octanol–water partition coefficient (Wildman–Crippen LogP) is 3.95. The van der Waals surface area contributed by atoms with Gasteiger partial charge >= 0.3 is 0 Å². The molecule has 2 aromatic heterocycles. The van der Waals surface area contributed by atoms with Crippen LogP contribution in [-0.2, 0) is 0 Å². The molecule has 0 saturated heterocycles. The molecule has 0 unspecified atom stereocenters. The van der Waals surface area contributed by atoms with Crippen molar-refractivity contribution in [3.63, 3.8) is 0 Å². The first kappa shape index (κ1) is 18.2. The second-order valence-electron chi connectivity index (χ2n) is 6.81. The van der Waals surface area contributed by atoms with Gasteiger partial charge in [-0.2, -0.15) is 5.10 Å². The Bertz CT molecular complexity index is 1390. The molecule has 5 rings (SSSR count). The predicted molar refractivity (Wildman–Crippen MR) is 114 cm³/mol. The van der Waals surface area contributed by atoms with Crippen molar-refractivity contribution in [1.29, 1.82) is 0 Å². The highest BCUT2D eigenvalue weighted by Gasteiger charge is 2.27. The van der Waals surface area contributed by atoms with Crippen molar-refractivity contribution < 1.29 is 14.6 Å². The number of hydrogen-bond acceptors (Lipinski definition) is 5. The fourth-order valence-corrected chi connectivity index (χ4v) is 3.97. The van der Waals surface area contributed by atoms with Gasteiger partial charge in [0.15, 0.2) is 0 Å². The molecular formula is C22H15ClN4O3. The highest BCUT2D eigenvalue weighted by atomic mass is 35.5. The summed E-state index contributed by atoms with van der Waals surface area (Å²) in [6.45, 7) is 0. The molecule has 4 aromatic rings. The molecule has 3 N–H and O–H groups in total. The lowest BCUT2D eigenvalue weighted by atomic mass is 9.96. The summed E-state index contributed by atoms with van der Waals surface area (Å²) >= 11 is 6.46. The number of amides is 1. The fraction of sp³-hybridized carbons (Fsp3) is 0.0455. The normalized spacial score (nSPS) is 12.3. The van der Waals surface area contributed by atoms with E-state index in [1.54, 1.807) is 16.8 Å². The first-order chi connectivity index (χ1) is 14.5. The van der Waals surface area contributed by atoms with Gasteiger partial charge in [0.2, 0.25) is 0 Å². The fourth-order valence-electron chi connectivity index (χ4n) is 3.77. The minimum Gasteiger partial charge on any atom is -0.506 e. The summed E-state index contributed by atoms with van der Waals surface area (Å²) in [6.07, 6.45) is 3.23. The standard InChI is InChI=1S/C22H15ClN4O3/c1-30-11-8-14(19(23)17(28)9-11)20-13-6-7-27-21(13)18(15(10-25-27)22(24)29)12-4-2-3-5-16(12)26-20/h2-10,28H,1H3,(H2,24,29). The van der Waals surface area contributed by atoms with Gasteiger partial charge in [-0.05, 0) is 18.2 Å². The van der Waals surface area contributed by atoms with Crippen LogP contribution in [0.2, 0.25) is 5.02 Å².